The van der Waals surface area contributed by atoms with Crippen LogP contribution in [0.25, 0.3) is 41.8 Å². The predicted octanol–water partition coefficient (Wildman–Crippen LogP) is 26.7. The summed E-state index contributed by atoms with van der Waals surface area (Å²) < 4.78 is 81.3. The van der Waals surface area contributed by atoms with Crippen LogP contribution in [0.3, 0.4) is 0 Å². The molecule has 108 heavy (non-hydrogen) atoms. The number of benzene rings is 10. The van der Waals surface area contributed by atoms with Crippen LogP contribution in [0.2, 0.25) is 0 Å². The summed E-state index contributed by atoms with van der Waals surface area (Å²) in [6, 6.07) is 72.8. The van der Waals surface area contributed by atoms with Crippen molar-refractivity contribution in [1.82, 2.24) is 0 Å². The van der Waals surface area contributed by atoms with Crippen LogP contribution in [-0.2, 0) is 26.4 Å². The lowest BCUT2D eigenvalue weighted by molar-refractivity contribution is 0.111. The molecule has 10 aromatic carbocycles. The topological polar surface area (TPSA) is 43.4 Å². The molecule has 0 unspecified atom stereocenters. The van der Waals surface area contributed by atoms with Crippen molar-refractivity contribution in [2.24, 2.45) is 0 Å². The monoisotopic (exact) mass is 1620 g/mol. The van der Waals surface area contributed by atoms with Crippen LogP contribution >= 0.6 is 77.2 Å². The molecule has 0 saturated carbocycles. The molecule has 538 valence electrons. The number of hydrogen-bond donors (Lipinski definition) is 0. The molecular formula is C95H74Br2F4O3S4. The van der Waals surface area contributed by atoms with Gasteiger partial charge in [-0.15, -0.1) is 45.3 Å². The Morgan fingerprint density at radius 1 is 0.306 bits per heavy atom. The van der Waals surface area contributed by atoms with Gasteiger partial charge in [-0.3, -0.25) is 9.59 Å². The minimum atomic E-state index is -1.27. The molecule has 5 aliphatic rings. The van der Waals surface area contributed by atoms with Crippen molar-refractivity contribution in [1.29, 1.82) is 0 Å². The Hall–Kier alpha value is -9.02. The summed E-state index contributed by atoms with van der Waals surface area (Å²) in [5, 5.41) is 0. The van der Waals surface area contributed by atoms with Gasteiger partial charge in [-0.2, -0.15) is 0 Å². The van der Waals surface area contributed by atoms with E-state index in [9.17, 15) is 9.59 Å². The number of aldehydes is 2. The fraction of sp³-hybridized carbons (Fsp3) is 0.179. The Labute approximate surface area is 660 Å². The normalized spacial score (nSPS) is 14.9. The molecule has 0 N–H and O–H groups in total. The fourth-order valence-electron chi connectivity index (χ4n) is 17.7. The van der Waals surface area contributed by atoms with Crippen molar-refractivity contribution in [2.45, 2.75) is 97.3 Å². The number of carbonyl (C=O) groups is 2. The van der Waals surface area contributed by atoms with Crippen LogP contribution < -0.4 is 0 Å². The van der Waals surface area contributed by atoms with Crippen molar-refractivity contribution in [3.8, 4) is 41.8 Å². The summed E-state index contributed by atoms with van der Waals surface area (Å²) in [6.45, 7) is 18.2. The number of rotatable bonds is 10. The summed E-state index contributed by atoms with van der Waals surface area (Å²) in [5.41, 5.74) is 16.0. The molecule has 3 nitrogen and oxygen atoms in total. The van der Waals surface area contributed by atoms with Crippen LogP contribution in [0.5, 0.6) is 0 Å². The highest BCUT2D eigenvalue weighted by molar-refractivity contribution is 9.11. The second-order valence-electron chi connectivity index (χ2n) is 29.1. The van der Waals surface area contributed by atoms with Gasteiger partial charge in [0.1, 0.15) is 23.3 Å². The Kier molecular flexibility index (Phi) is 18.8. The number of ether oxygens (including phenoxy) is 1. The van der Waals surface area contributed by atoms with Crippen molar-refractivity contribution < 1.29 is 31.9 Å². The quantitative estimate of drug-likeness (QED) is 0.101. The van der Waals surface area contributed by atoms with Gasteiger partial charge < -0.3 is 4.74 Å². The first kappa shape index (κ1) is 73.1. The molecular weight excluding hydrogens is 1550 g/mol. The smallest absolute Gasteiger partial charge is 0.160 e. The Morgan fingerprint density at radius 2 is 0.491 bits per heavy atom. The molecule has 1 aliphatic heterocycles. The minimum Gasteiger partial charge on any atom is -0.381 e. The lowest BCUT2D eigenvalue weighted by Gasteiger charge is -2.36. The van der Waals surface area contributed by atoms with E-state index < -0.39 is 33.3 Å². The van der Waals surface area contributed by atoms with Crippen molar-refractivity contribution >= 4 is 89.8 Å². The second kappa shape index (κ2) is 27.8. The molecule has 0 atom stereocenters. The molecule has 0 radical (unpaired) electrons. The highest BCUT2D eigenvalue weighted by atomic mass is 79.9. The highest BCUT2D eigenvalue weighted by Gasteiger charge is 2.60. The first-order valence-electron chi connectivity index (χ1n) is 35.8. The molecule has 0 spiro atoms. The van der Waals surface area contributed by atoms with Gasteiger partial charge in [0.05, 0.1) is 39.0 Å². The molecule has 0 amide bonds. The van der Waals surface area contributed by atoms with Gasteiger partial charge in [-0.05, 0) is 191 Å². The van der Waals surface area contributed by atoms with Crippen LogP contribution in [0.1, 0.15) is 173 Å². The van der Waals surface area contributed by atoms with Crippen LogP contribution in [0.4, 0.5) is 17.6 Å². The van der Waals surface area contributed by atoms with Gasteiger partial charge in [-0.25, -0.2) is 17.6 Å². The van der Waals surface area contributed by atoms with Gasteiger partial charge in [-0.1, -0.05) is 246 Å². The first-order chi connectivity index (χ1) is 51.7. The number of halogens is 6. The maximum absolute atomic E-state index is 18.7. The molecule has 1 saturated heterocycles. The summed E-state index contributed by atoms with van der Waals surface area (Å²) in [6.07, 6.45) is 4.14. The van der Waals surface area contributed by atoms with Gasteiger partial charge in [0.25, 0.3) is 0 Å². The lowest BCUT2D eigenvalue weighted by Crippen LogP contribution is -2.32. The molecule has 4 aliphatic carbocycles. The number of fused-ring (bicyclic) bond motifs is 12. The highest BCUT2D eigenvalue weighted by Crippen LogP contribution is 2.70. The molecule has 5 heterocycles. The predicted molar refractivity (Wildman–Crippen MR) is 444 cm³/mol. The van der Waals surface area contributed by atoms with Gasteiger partial charge in [0.2, 0.25) is 0 Å². The van der Waals surface area contributed by atoms with Crippen LogP contribution in [-0.4, -0.2) is 25.8 Å². The van der Waals surface area contributed by atoms with Gasteiger partial charge in [0.15, 0.2) is 12.6 Å². The SMILES string of the molecule is C.C1CCOC1.Cc1ccc(C2(c3ccc(C)cc3)c3cc(Br)sc3-c3c(F)c4c(c(F)c32)-c2sc(Br)cc2C4(c2ccc(C)cc2)c2ccc(C)cc2)cc1.Cc1ccc(C2(c3ccc(C)cc3)c3cc(C=O)sc3-c3c(F)c4c(c(F)c32)-c2sc(C=O)cc2C4(c2ccc(C)cc2)c2ccc(C)cc2)cc1. The summed E-state index contributed by atoms with van der Waals surface area (Å²) >= 11 is 12.9. The van der Waals surface area contributed by atoms with E-state index in [1.54, 1.807) is 0 Å². The van der Waals surface area contributed by atoms with Crippen molar-refractivity contribution in [2.75, 3.05) is 13.2 Å². The Bertz CT molecular complexity index is 5350. The third-order valence-corrected chi connectivity index (χ3v) is 28.1. The number of thiophene rings is 4. The van der Waals surface area contributed by atoms with E-state index >= 15 is 17.6 Å². The van der Waals surface area contributed by atoms with Crippen LogP contribution in [0.15, 0.2) is 226 Å². The average Bonchev–Trinajstić information content (AvgIpc) is 1.49. The average molecular weight is 1630 g/mol. The van der Waals surface area contributed by atoms with Crippen LogP contribution in [0, 0.1) is 78.7 Å². The van der Waals surface area contributed by atoms with E-state index in [1.165, 1.54) is 58.2 Å². The van der Waals surface area contributed by atoms with E-state index in [0.717, 1.165) is 143 Å². The number of aryl methyl sites for hydroxylation is 8. The maximum Gasteiger partial charge on any atom is 0.160 e. The molecule has 14 aromatic rings. The molecule has 19 rings (SSSR count). The van der Waals surface area contributed by atoms with Crippen molar-refractivity contribution in [3.05, 3.63) is 393 Å². The third kappa shape index (κ3) is 10.8. The summed E-state index contributed by atoms with van der Waals surface area (Å²) in [5.74, 6) is -1.78. The van der Waals surface area contributed by atoms with E-state index in [1.807, 2.05) is 137 Å². The zero-order chi connectivity index (χ0) is 74.3. The van der Waals surface area contributed by atoms with E-state index in [4.69, 9.17) is 4.74 Å². The van der Waals surface area contributed by atoms with Gasteiger partial charge in [0, 0.05) is 77.2 Å². The summed E-state index contributed by atoms with van der Waals surface area (Å²) in [7, 11) is 0. The molecule has 4 aromatic heterocycles. The number of carbonyl (C=O) groups excluding carboxylic acids is 2. The Morgan fingerprint density at radius 3 is 0.667 bits per heavy atom. The van der Waals surface area contributed by atoms with E-state index in [2.05, 4.69) is 169 Å². The third-order valence-electron chi connectivity index (χ3n) is 22.6. The molecule has 1 fully saturated rings. The largest absolute Gasteiger partial charge is 0.381 e. The zero-order valence-electron chi connectivity index (χ0n) is 59.9. The zero-order valence-corrected chi connectivity index (χ0v) is 66.3. The van der Waals surface area contributed by atoms with E-state index in [-0.39, 0.29) is 41.3 Å². The summed E-state index contributed by atoms with van der Waals surface area (Å²) in [4.78, 5) is 28.4. The molecule has 13 heteroatoms. The lowest BCUT2D eigenvalue weighted by atomic mass is 9.65. The van der Waals surface area contributed by atoms with Crippen molar-refractivity contribution in [3.63, 3.8) is 0 Å². The maximum atomic E-state index is 18.7. The first-order valence-corrected chi connectivity index (χ1v) is 40.6. The van der Waals surface area contributed by atoms with E-state index in [0.29, 0.717) is 52.9 Å². The fourth-order valence-corrected chi connectivity index (χ4v) is 23.3. The number of hydrogen-bond acceptors (Lipinski definition) is 7. The Balaban J connectivity index is 0.000000153. The van der Waals surface area contributed by atoms with Gasteiger partial charge >= 0.3 is 0 Å². The molecule has 0 bridgehead atoms. The standard InChI is InChI=1S/C46H32F2O2S2.C44H30Br2F2S2.C4H8O.CH4/c1-25-5-13-29(14-6-25)45(30-15-7-26(2)8-16-30)35-21-33(23-49)51-43(35)37-39(45)41(47)38-40(42(37)48)46(31-17-9-27(3)10-18-31,32-19-11-28(4)12-20-32)36-22-34(24-50)52-44(36)38;1-23-5-13-27(14-6-23)43(28-15-7-24(2)8-16-28)31-21-33(45)49-41(31)35-37(43)39(47)36-38(40(35)48)44(29-17-9-25(3)10-18-29,30-19-11-26(4)12-20-30)32-22-34(46)50-42(32)36;1-2-4-5-3-1;/h5-24H,1-4H3;5-22H,1-4H3;1-4H2;1H4. The minimum absolute atomic E-state index is 0. The second-order valence-corrected chi connectivity index (χ2v) is 36.1.